The molecule has 1 heterocycles. The second-order valence-electron chi connectivity index (χ2n) is 4.22. The Morgan fingerprint density at radius 1 is 1.25 bits per heavy atom. The molecule has 0 saturated carbocycles. The third kappa shape index (κ3) is 2.56. The highest BCUT2D eigenvalue weighted by molar-refractivity contribution is 7.89. The lowest BCUT2D eigenvalue weighted by Crippen LogP contribution is -2.38. The summed E-state index contributed by atoms with van der Waals surface area (Å²) in [6, 6.07) is 3.82. The minimum absolute atomic E-state index is 0.00773. The van der Waals surface area contributed by atoms with Gasteiger partial charge < -0.3 is 0 Å². The SMILES string of the molecule is CCS(=O)(=O)NCCN1C(=O)c2cccc(F)c2C1=O. The first-order valence-electron chi connectivity index (χ1n) is 5.99. The van der Waals surface area contributed by atoms with Crippen molar-refractivity contribution in [3.63, 3.8) is 0 Å². The maximum Gasteiger partial charge on any atom is 0.264 e. The van der Waals surface area contributed by atoms with Gasteiger partial charge in [0.2, 0.25) is 10.0 Å². The van der Waals surface area contributed by atoms with E-state index in [0.717, 1.165) is 11.0 Å². The Kier molecular flexibility index (Phi) is 3.87. The van der Waals surface area contributed by atoms with Gasteiger partial charge in [0.15, 0.2) is 0 Å². The molecule has 0 aromatic heterocycles. The van der Waals surface area contributed by atoms with Crippen LogP contribution in [0.15, 0.2) is 18.2 Å². The Balaban J connectivity index is 2.12. The number of benzene rings is 1. The first kappa shape index (κ1) is 14.6. The maximum atomic E-state index is 13.5. The molecule has 0 radical (unpaired) electrons. The Labute approximate surface area is 115 Å². The average molecular weight is 300 g/mol. The molecule has 2 rings (SSSR count). The molecule has 0 spiro atoms. The minimum Gasteiger partial charge on any atom is -0.273 e. The number of carbonyl (C=O) groups excluding carboxylic acids is 2. The molecule has 6 nitrogen and oxygen atoms in total. The summed E-state index contributed by atoms with van der Waals surface area (Å²) in [5.74, 6) is -2.19. The predicted molar refractivity (Wildman–Crippen MR) is 69.2 cm³/mol. The van der Waals surface area contributed by atoms with Crippen LogP contribution in [0.25, 0.3) is 0 Å². The highest BCUT2D eigenvalue weighted by Gasteiger charge is 2.37. The number of carbonyl (C=O) groups is 2. The predicted octanol–water partition coefficient (Wildman–Crippen LogP) is 0.361. The second kappa shape index (κ2) is 5.29. The zero-order valence-corrected chi connectivity index (χ0v) is 11.5. The van der Waals surface area contributed by atoms with Crippen molar-refractivity contribution in [3.05, 3.63) is 35.1 Å². The van der Waals surface area contributed by atoms with Crippen LogP contribution in [-0.4, -0.2) is 44.0 Å². The maximum absolute atomic E-state index is 13.5. The summed E-state index contributed by atoms with van der Waals surface area (Å²) in [5, 5.41) is 0. The van der Waals surface area contributed by atoms with Crippen molar-refractivity contribution >= 4 is 21.8 Å². The van der Waals surface area contributed by atoms with Gasteiger partial charge in [-0.15, -0.1) is 0 Å². The molecule has 20 heavy (non-hydrogen) atoms. The molecule has 0 unspecified atom stereocenters. The normalized spacial score (nSPS) is 14.8. The number of fused-ring (bicyclic) bond motifs is 1. The largest absolute Gasteiger partial charge is 0.273 e. The van der Waals surface area contributed by atoms with Crippen LogP contribution in [0.4, 0.5) is 4.39 Å². The topological polar surface area (TPSA) is 83.6 Å². The van der Waals surface area contributed by atoms with E-state index in [1.807, 2.05) is 0 Å². The number of hydrogen-bond acceptors (Lipinski definition) is 4. The van der Waals surface area contributed by atoms with Crippen molar-refractivity contribution < 1.29 is 22.4 Å². The molecule has 0 aliphatic carbocycles. The van der Waals surface area contributed by atoms with Gasteiger partial charge in [0, 0.05) is 13.1 Å². The number of amides is 2. The number of rotatable bonds is 5. The van der Waals surface area contributed by atoms with Crippen molar-refractivity contribution in [3.8, 4) is 0 Å². The van der Waals surface area contributed by atoms with Crippen molar-refractivity contribution in [2.75, 3.05) is 18.8 Å². The zero-order valence-electron chi connectivity index (χ0n) is 10.7. The first-order valence-corrected chi connectivity index (χ1v) is 7.64. The van der Waals surface area contributed by atoms with Crippen LogP contribution >= 0.6 is 0 Å². The molecular formula is C12H13FN2O4S. The number of nitrogens with one attached hydrogen (secondary N) is 1. The van der Waals surface area contributed by atoms with Gasteiger partial charge >= 0.3 is 0 Å². The van der Waals surface area contributed by atoms with Crippen molar-refractivity contribution in [1.82, 2.24) is 9.62 Å². The summed E-state index contributed by atoms with van der Waals surface area (Å²) in [4.78, 5) is 24.7. The first-order chi connectivity index (χ1) is 9.37. The fourth-order valence-electron chi connectivity index (χ4n) is 1.91. The summed E-state index contributed by atoms with van der Waals surface area (Å²) >= 11 is 0. The highest BCUT2D eigenvalue weighted by atomic mass is 32.2. The van der Waals surface area contributed by atoms with E-state index in [4.69, 9.17) is 0 Å². The molecule has 2 amide bonds. The lowest BCUT2D eigenvalue weighted by molar-refractivity contribution is 0.0656. The molecule has 0 atom stereocenters. The lowest BCUT2D eigenvalue weighted by atomic mass is 10.1. The van der Waals surface area contributed by atoms with Crippen molar-refractivity contribution in [2.24, 2.45) is 0 Å². The van der Waals surface area contributed by atoms with E-state index in [0.29, 0.717) is 0 Å². The molecule has 1 aliphatic heterocycles. The number of hydrogen-bond donors (Lipinski definition) is 1. The summed E-state index contributed by atoms with van der Waals surface area (Å²) in [6.07, 6.45) is 0. The van der Waals surface area contributed by atoms with Gasteiger partial charge in [-0.3, -0.25) is 14.5 Å². The van der Waals surface area contributed by atoms with Crippen LogP contribution in [0.5, 0.6) is 0 Å². The Morgan fingerprint density at radius 3 is 2.55 bits per heavy atom. The summed E-state index contributed by atoms with van der Waals surface area (Å²) in [7, 11) is -3.40. The van der Waals surface area contributed by atoms with Gasteiger partial charge in [-0.1, -0.05) is 6.07 Å². The fraction of sp³-hybridized carbons (Fsp3) is 0.333. The van der Waals surface area contributed by atoms with E-state index in [1.165, 1.54) is 19.1 Å². The molecule has 1 N–H and O–H groups in total. The molecule has 0 saturated heterocycles. The second-order valence-corrected chi connectivity index (χ2v) is 6.32. The highest BCUT2D eigenvalue weighted by Crippen LogP contribution is 2.24. The third-order valence-corrected chi connectivity index (χ3v) is 4.39. The Bertz CT molecular complexity index is 672. The summed E-state index contributed by atoms with van der Waals surface area (Å²) < 4.78 is 38.3. The number of sulfonamides is 1. The van der Waals surface area contributed by atoms with E-state index >= 15 is 0 Å². The van der Waals surface area contributed by atoms with Gasteiger partial charge in [0.05, 0.1) is 16.9 Å². The molecule has 1 aromatic carbocycles. The van der Waals surface area contributed by atoms with E-state index in [2.05, 4.69) is 4.72 Å². The van der Waals surface area contributed by atoms with Crippen LogP contribution in [-0.2, 0) is 10.0 Å². The smallest absolute Gasteiger partial charge is 0.264 e. The average Bonchev–Trinajstić information content (AvgIpc) is 2.65. The van der Waals surface area contributed by atoms with Crippen molar-refractivity contribution in [1.29, 1.82) is 0 Å². The molecule has 108 valence electrons. The van der Waals surface area contributed by atoms with Gasteiger partial charge in [0.1, 0.15) is 5.82 Å². The molecule has 0 fully saturated rings. The number of nitrogens with zero attached hydrogens (tertiary/aromatic N) is 1. The van der Waals surface area contributed by atoms with Crippen LogP contribution < -0.4 is 4.72 Å². The Hall–Kier alpha value is -1.80. The van der Waals surface area contributed by atoms with Crippen LogP contribution in [0.2, 0.25) is 0 Å². The van der Waals surface area contributed by atoms with Crippen LogP contribution in [0.3, 0.4) is 0 Å². The van der Waals surface area contributed by atoms with E-state index in [-0.39, 0.29) is 30.0 Å². The van der Waals surface area contributed by atoms with Crippen LogP contribution in [0.1, 0.15) is 27.6 Å². The third-order valence-electron chi connectivity index (χ3n) is 2.99. The molecule has 1 aromatic rings. The lowest BCUT2D eigenvalue weighted by Gasteiger charge is -2.13. The van der Waals surface area contributed by atoms with Gasteiger partial charge in [-0.2, -0.15) is 0 Å². The summed E-state index contributed by atoms with van der Waals surface area (Å²) in [5.41, 5.74) is -0.246. The zero-order chi connectivity index (χ0) is 14.9. The van der Waals surface area contributed by atoms with E-state index in [1.54, 1.807) is 0 Å². The quantitative estimate of drug-likeness (QED) is 0.796. The molecule has 0 bridgehead atoms. The Morgan fingerprint density at radius 2 is 1.95 bits per heavy atom. The minimum atomic E-state index is -3.40. The van der Waals surface area contributed by atoms with Gasteiger partial charge in [-0.25, -0.2) is 17.5 Å². The number of imide groups is 1. The van der Waals surface area contributed by atoms with Gasteiger partial charge in [0.25, 0.3) is 11.8 Å². The van der Waals surface area contributed by atoms with Gasteiger partial charge in [-0.05, 0) is 19.1 Å². The molecular weight excluding hydrogens is 287 g/mol. The molecule has 8 heteroatoms. The standard InChI is InChI=1S/C12H13FN2O4S/c1-2-20(18,19)14-6-7-15-11(16)8-4-3-5-9(13)10(8)12(15)17/h3-5,14H,2,6-7H2,1H3. The number of halogens is 1. The molecule has 1 aliphatic rings. The van der Waals surface area contributed by atoms with E-state index < -0.39 is 27.7 Å². The van der Waals surface area contributed by atoms with Crippen LogP contribution in [0, 0.1) is 5.82 Å². The summed E-state index contributed by atoms with van der Waals surface area (Å²) in [6.45, 7) is 1.24. The van der Waals surface area contributed by atoms with E-state index in [9.17, 15) is 22.4 Å². The monoisotopic (exact) mass is 300 g/mol. The van der Waals surface area contributed by atoms with Crippen molar-refractivity contribution in [2.45, 2.75) is 6.92 Å². The fourth-order valence-corrected chi connectivity index (χ4v) is 2.52.